The Hall–Kier alpha value is -1.42. The predicted molar refractivity (Wildman–Crippen MR) is 85.0 cm³/mol. The van der Waals surface area contributed by atoms with E-state index in [1.54, 1.807) is 42.5 Å². The van der Waals surface area contributed by atoms with Gasteiger partial charge < -0.3 is 10.6 Å². The Morgan fingerprint density at radius 1 is 0.900 bits per heavy atom. The summed E-state index contributed by atoms with van der Waals surface area (Å²) < 4.78 is 0. The van der Waals surface area contributed by atoms with Gasteiger partial charge in [-0.15, -0.1) is 0 Å². The van der Waals surface area contributed by atoms with Crippen molar-refractivity contribution in [1.82, 2.24) is 0 Å². The van der Waals surface area contributed by atoms with Gasteiger partial charge in [-0.25, -0.2) is 0 Å². The normalized spacial score (nSPS) is 10.2. The number of rotatable bonds is 4. The van der Waals surface area contributed by atoms with Crippen molar-refractivity contribution >= 4 is 52.1 Å². The van der Waals surface area contributed by atoms with Crippen LogP contribution in [0.3, 0.4) is 0 Å². The molecule has 2 aromatic carbocycles. The molecule has 0 heterocycles. The van der Waals surface area contributed by atoms with Crippen molar-refractivity contribution < 1.29 is 4.79 Å². The number of carbonyl (C=O) groups excluding carboxylic acids is 1. The van der Waals surface area contributed by atoms with Crippen molar-refractivity contribution in [2.24, 2.45) is 0 Å². The van der Waals surface area contributed by atoms with Crippen molar-refractivity contribution in [3.05, 3.63) is 57.5 Å². The van der Waals surface area contributed by atoms with Gasteiger partial charge in [-0.05, 0) is 42.5 Å². The van der Waals surface area contributed by atoms with E-state index in [1.807, 2.05) is 0 Å². The van der Waals surface area contributed by atoms with E-state index in [4.69, 9.17) is 34.8 Å². The molecule has 6 heteroatoms. The largest absolute Gasteiger partial charge is 0.376 e. The average Bonchev–Trinajstić information content (AvgIpc) is 2.42. The fourth-order valence-corrected chi connectivity index (χ4v) is 1.95. The Balaban J connectivity index is 1.89. The molecule has 1 amide bonds. The highest BCUT2D eigenvalue weighted by atomic mass is 35.5. The third-order valence-corrected chi connectivity index (χ3v) is 3.49. The summed E-state index contributed by atoms with van der Waals surface area (Å²) in [6, 6.07) is 12.0. The van der Waals surface area contributed by atoms with Crippen molar-refractivity contribution in [2.45, 2.75) is 0 Å². The fourth-order valence-electron chi connectivity index (χ4n) is 1.53. The lowest BCUT2D eigenvalue weighted by Crippen LogP contribution is -2.21. The summed E-state index contributed by atoms with van der Waals surface area (Å²) in [6.45, 7) is 0.141. The molecule has 2 rings (SSSR count). The first-order valence-corrected chi connectivity index (χ1v) is 6.92. The van der Waals surface area contributed by atoms with Gasteiger partial charge in [0.05, 0.1) is 16.6 Å². The van der Waals surface area contributed by atoms with Gasteiger partial charge in [0.25, 0.3) is 0 Å². The Morgan fingerprint density at radius 2 is 1.55 bits per heavy atom. The van der Waals surface area contributed by atoms with Crippen LogP contribution in [0, 0.1) is 0 Å². The molecular formula is C14H11Cl3N2O. The molecule has 0 aromatic heterocycles. The van der Waals surface area contributed by atoms with Crippen LogP contribution < -0.4 is 10.6 Å². The van der Waals surface area contributed by atoms with Gasteiger partial charge in [-0.3, -0.25) is 4.79 Å². The van der Waals surface area contributed by atoms with E-state index in [0.717, 1.165) is 5.69 Å². The minimum Gasteiger partial charge on any atom is -0.376 e. The third kappa shape index (κ3) is 4.30. The second kappa shape index (κ2) is 6.84. The quantitative estimate of drug-likeness (QED) is 0.854. The number of anilines is 2. The Kier molecular flexibility index (Phi) is 5.12. The molecule has 20 heavy (non-hydrogen) atoms. The number of hydrogen-bond acceptors (Lipinski definition) is 2. The van der Waals surface area contributed by atoms with E-state index in [1.165, 1.54) is 0 Å². The van der Waals surface area contributed by atoms with Gasteiger partial charge in [0.1, 0.15) is 0 Å². The van der Waals surface area contributed by atoms with E-state index in [0.29, 0.717) is 20.8 Å². The molecule has 0 spiro atoms. The molecule has 0 atom stereocenters. The molecule has 0 aliphatic carbocycles. The lowest BCUT2D eigenvalue weighted by Gasteiger charge is -2.08. The minimum atomic E-state index is -0.182. The van der Waals surface area contributed by atoms with Gasteiger partial charge in [0, 0.05) is 16.4 Å². The molecule has 0 aliphatic rings. The molecule has 104 valence electrons. The van der Waals surface area contributed by atoms with Crippen molar-refractivity contribution in [3.63, 3.8) is 0 Å². The van der Waals surface area contributed by atoms with E-state index in [9.17, 15) is 4.79 Å². The molecule has 0 fully saturated rings. The maximum absolute atomic E-state index is 11.8. The Morgan fingerprint density at radius 3 is 2.20 bits per heavy atom. The number of benzene rings is 2. The van der Waals surface area contributed by atoms with Crippen LogP contribution in [0.4, 0.5) is 11.4 Å². The zero-order valence-corrected chi connectivity index (χ0v) is 12.6. The number of nitrogens with one attached hydrogen (secondary N) is 2. The summed E-state index contributed by atoms with van der Waals surface area (Å²) in [4.78, 5) is 11.8. The van der Waals surface area contributed by atoms with Crippen LogP contribution in [0.2, 0.25) is 15.1 Å². The van der Waals surface area contributed by atoms with Gasteiger partial charge in [-0.2, -0.15) is 0 Å². The van der Waals surface area contributed by atoms with E-state index < -0.39 is 0 Å². The Labute approximate surface area is 131 Å². The molecule has 0 saturated carbocycles. The molecule has 0 saturated heterocycles. The lowest BCUT2D eigenvalue weighted by molar-refractivity contribution is -0.114. The molecule has 2 N–H and O–H groups in total. The number of halogens is 3. The minimum absolute atomic E-state index is 0.141. The molecule has 3 nitrogen and oxygen atoms in total. The van der Waals surface area contributed by atoms with Gasteiger partial charge in [0.15, 0.2) is 0 Å². The highest BCUT2D eigenvalue weighted by Gasteiger charge is 2.04. The zero-order chi connectivity index (χ0) is 14.5. The Bertz CT molecular complexity index is 614. The maximum Gasteiger partial charge on any atom is 0.243 e. The second-order valence-electron chi connectivity index (χ2n) is 4.04. The summed E-state index contributed by atoms with van der Waals surface area (Å²) in [5, 5.41) is 7.20. The average molecular weight is 330 g/mol. The summed E-state index contributed by atoms with van der Waals surface area (Å²) in [5.74, 6) is -0.182. The zero-order valence-electron chi connectivity index (χ0n) is 10.3. The smallest absolute Gasteiger partial charge is 0.243 e. The fraction of sp³-hybridized carbons (Fsp3) is 0.0714. The number of amides is 1. The highest BCUT2D eigenvalue weighted by molar-refractivity contribution is 6.42. The van der Waals surface area contributed by atoms with Gasteiger partial charge in [0.2, 0.25) is 5.91 Å². The summed E-state index contributed by atoms with van der Waals surface area (Å²) in [7, 11) is 0. The second-order valence-corrected chi connectivity index (χ2v) is 5.29. The number of hydrogen-bond donors (Lipinski definition) is 2. The van der Waals surface area contributed by atoms with E-state index >= 15 is 0 Å². The number of carbonyl (C=O) groups is 1. The van der Waals surface area contributed by atoms with Gasteiger partial charge in [-0.1, -0.05) is 34.8 Å². The SMILES string of the molecule is O=C(CNc1ccc(Cl)cc1)Nc1ccc(Cl)c(Cl)c1. The van der Waals surface area contributed by atoms with E-state index in [-0.39, 0.29) is 12.5 Å². The predicted octanol–water partition coefficient (Wildman–Crippen LogP) is 4.70. The first-order valence-electron chi connectivity index (χ1n) is 5.79. The topological polar surface area (TPSA) is 41.1 Å². The van der Waals surface area contributed by atoms with Crippen LogP contribution in [0.25, 0.3) is 0 Å². The van der Waals surface area contributed by atoms with Crippen LogP contribution in [0.5, 0.6) is 0 Å². The van der Waals surface area contributed by atoms with E-state index in [2.05, 4.69) is 10.6 Å². The van der Waals surface area contributed by atoms with Crippen LogP contribution in [0.1, 0.15) is 0 Å². The third-order valence-electron chi connectivity index (χ3n) is 2.50. The summed E-state index contributed by atoms with van der Waals surface area (Å²) >= 11 is 17.5. The highest BCUT2D eigenvalue weighted by Crippen LogP contribution is 2.24. The van der Waals surface area contributed by atoms with Crippen LogP contribution in [-0.2, 0) is 4.79 Å². The first kappa shape index (κ1) is 15.0. The summed E-state index contributed by atoms with van der Waals surface area (Å²) in [5.41, 5.74) is 1.42. The monoisotopic (exact) mass is 328 g/mol. The van der Waals surface area contributed by atoms with Crippen LogP contribution >= 0.6 is 34.8 Å². The lowest BCUT2D eigenvalue weighted by atomic mass is 10.3. The molecule has 0 radical (unpaired) electrons. The van der Waals surface area contributed by atoms with Crippen LogP contribution in [0.15, 0.2) is 42.5 Å². The molecule has 2 aromatic rings. The standard InChI is InChI=1S/C14H11Cl3N2O/c15-9-1-3-10(4-2-9)18-8-14(20)19-11-5-6-12(16)13(17)7-11/h1-7,18H,8H2,(H,19,20). The van der Waals surface area contributed by atoms with Crippen molar-refractivity contribution in [2.75, 3.05) is 17.2 Å². The maximum atomic E-state index is 11.8. The molecule has 0 unspecified atom stereocenters. The van der Waals surface area contributed by atoms with Crippen molar-refractivity contribution in [1.29, 1.82) is 0 Å². The van der Waals surface area contributed by atoms with Gasteiger partial charge >= 0.3 is 0 Å². The first-order chi connectivity index (χ1) is 9.54. The molecule has 0 bridgehead atoms. The molecule has 0 aliphatic heterocycles. The summed E-state index contributed by atoms with van der Waals surface area (Å²) in [6.07, 6.45) is 0. The molecular weight excluding hydrogens is 319 g/mol. The van der Waals surface area contributed by atoms with Crippen molar-refractivity contribution in [3.8, 4) is 0 Å². The van der Waals surface area contributed by atoms with Crippen LogP contribution in [-0.4, -0.2) is 12.5 Å².